The number of likely N-dealkylation sites (N-methyl/N-ethyl adjacent to an activating group) is 1. The van der Waals surface area contributed by atoms with E-state index in [2.05, 4.69) is 15.5 Å². The lowest BCUT2D eigenvalue weighted by Crippen LogP contribution is -2.36. The number of nitrogens with two attached hydrogens (primary N) is 1. The summed E-state index contributed by atoms with van der Waals surface area (Å²) in [6.07, 6.45) is 0.669. The highest BCUT2D eigenvalue weighted by Gasteiger charge is 2.17. The number of hydrogen-bond donors (Lipinski definition) is 3. The third-order valence-electron chi connectivity index (χ3n) is 2.35. The number of anilines is 1. The van der Waals surface area contributed by atoms with Gasteiger partial charge in [-0.05, 0) is 6.42 Å². The van der Waals surface area contributed by atoms with Crippen molar-refractivity contribution in [1.29, 1.82) is 0 Å². The van der Waals surface area contributed by atoms with E-state index in [9.17, 15) is 9.59 Å². The number of aromatic nitrogens is 2. The van der Waals surface area contributed by atoms with Gasteiger partial charge in [0.25, 0.3) is 5.91 Å². The van der Waals surface area contributed by atoms with E-state index in [1.54, 1.807) is 14.1 Å². The second kappa shape index (κ2) is 5.33. The summed E-state index contributed by atoms with van der Waals surface area (Å²) in [5.74, 6) is -0.642. The minimum Gasteiger partial charge on any atom is -0.395 e. The van der Waals surface area contributed by atoms with Gasteiger partial charge in [0.2, 0.25) is 5.91 Å². The molecule has 2 amide bonds. The van der Waals surface area contributed by atoms with Crippen molar-refractivity contribution in [3.05, 3.63) is 11.4 Å². The Bertz CT molecular complexity index is 424. The lowest BCUT2D eigenvalue weighted by Gasteiger charge is -2.10. The van der Waals surface area contributed by atoms with E-state index in [1.165, 1.54) is 4.90 Å². The molecule has 17 heavy (non-hydrogen) atoms. The summed E-state index contributed by atoms with van der Waals surface area (Å²) >= 11 is 0. The first-order chi connectivity index (χ1) is 7.97. The first kappa shape index (κ1) is 13.0. The maximum Gasteiger partial charge on any atom is 0.274 e. The largest absolute Gasteiger partial charge is 0.395 e. The van der Waals surface area contributed by atoms with Crippen LogP contribution in [0.25, 0.3) is 0 Å². The Kier molecular flexibility index (Phi) is 4.08. The van der Waals surface area contributed by atoms with Crippen molar-refractivity contribution in [2.24, 2.45) is 0 Å². The van der Waals surface area contributed by atoms with Gasteiger partial charge in [-0.15, -0.1) is 0 Å². The molecule has 0 aliphatic rings. The van der Waals surface area contributed by atoms with Gasteiger partial charge in [-0.3, -0.25) is 14.7 Å². The van der Waals surface area contributed by atoms with E-state index in [-0.39, 0.29) is 18.1 Å². The summed E-state index contributed by atoms with van der Waals surface area (Å²) in [5.41, 5.74) is 6.92. The van der Waals surface area contributed by atoms with Crippen molar-refractivity contribution in [3.63, 3.8) is 0 Å². The van der Waals surface area contributed by atoms with Gasteiger partial charge in [-0.1, -0.05) is 6.92 Å². The Morgan fingerprint density at radius 1 is 1.47 bits per heavy atom. The van der Waals surface area contributed by atoms with Crippen LogP contribution in [0.15, 0.2) is 0 Å². The second-order valence-electron chi connectivity index (χ2n) is 3.79. The average molecular weight is 239 g/mol. The highest BCUT2D eigenvalue weighted by molar-refractivity contribution is 5.99. The maximum atomic E-state index is 11.7. The highest BCUT2D eigenvalue weighted by Crippen LogP contribution is 2.13. The molecule has 0 aliphatic heterocycles. The standard InChI is InChI=1S/C10H17N5O2/c1-4-6-8(11)9(14-13-6)10(17)12-5-7(16)15(2)3/h4-5,11H2,1-3H3,(H,12,17)(H,13,14). The van der Waals surface area contributed by atoms with Gasteiger partial charge in [0.1, 0.15) is 0 Å². The Balaban J connectivity index is 2.64. The summed E-state index contributed by atoms with van der Waals surface area (Å²) in [4.78, 5) is 24.3. The zero-order chi connectivity index (χ0) is 13.0. The summed E-state index contributed by atoms with van der Waals surface area (Å²) < 4.78 is 0. The molecule has 1 rings (SSSR count). The zero-order valence-electron chi connectivity index (χ0n) is 10.2. The highest BCUT2D eigenvalue weighted by atomic mass is 16.2. The van der Waals surface area contributed by atoms with Gasteiger partial charge < -0.3 is 16.0 Å². The molecule has 0 saturated heterocycles. The number of amides is 2. The minimum absolute atomic E-state index is 0.0698. The van der Waals surface area contributed by atoms with Crippen molar-refractivity contribution >= 4 is 17.5 Å². The molecule has 0 spiro atoms. The third kappa shape index (κ3) is 2.96. The second-order valence-corrected chi connectivity index (χ2v) is 3.79. The molecular formula is C10H17N5O2. The summed E-state index contributed by atoms with van der Waals surface area (Å²) in [6, 6.07) is 0. The van der Waals surface area contributed by atoms with Crippen molar-refractivity contribution in [3.8, 4) is 0 Å². The fourth-order valence-corrected chi connectivity index (χ4v) is 1.23. The number of carbonyl (C=O) groups is 2. The fraction of sp³-hybridized carbons (Fsp3) is 0.500. The van der Waals surface area contributed by atoms with E-state index < -0.39 is 5.91 Å². The van der Waals surface area contributed by atoms with Gasteiger partial charge in [0, 0.05) is 14.1 Å². The first-order valence-electron chi connectivity index (χ1n) is 5.28. The Hall–Kier alpha value is -2.05. The first-order valence-corrected chi connectivity index (χ1v) is 5.28. The molecule has 1 heterocycles. The number of carbonyl (C=O) groups excluding carboxylic acids is 2. The van der Waals surface area contributed by atoms with Gasteiger partial charge in [0.05, 0.1) is 17.9 Å². The van der Waals surface area contributed by atoms with Gasteiger partial charge >= 0.3 is 0 Å². The van der Waals surface area contributed by atoms with E-state index in [4.69, 9.17) is 5.73 Å². The number of hydrogen-bond acceptors (Lipinski definition) is 4. The van der Waals surface area contributed by atoms with Gasteiger partial charge in [-0.25, -0.2) is 0 Å². The molecule has 0 saturated carbocycles. The fourth-order valence-electron chi connectivity index (χ4n) is 1.23. The van der Waals surface area contributed by atoms with E-state index in [0.29, 0.717) is 17.8 Å². The molecule has 4 N–H and O–H groups in total. The van der Waals surface area contributed by atoms with Crippen molar-refractivity contribution in [2.75, 3.05) is 26.4 Å². The third-order valence-corrected chi connectivity index (χ3v) is 2.35. The lowest BCUT2D eigenvalue weighted by atomic mass is 10.2. The molecule has 0 radical (unpaired) electrons. The molecule has 1 aromatic rings. The molecule has 0 unspecified atom stereocenters. The Morgan fingerprint density at radius 3 is 2.59 bits per heavy atom. The monoisotopic (exact) mass is 239 g/mol. The van der Waals surface area contributed by atoms with Crippen LogP contribution < -0.4 is 11.1 Å². The maximum absolute atomic E-state index is 11.7. The number of nitrogens with one attached hydrogen (secondary N) is 2. The lowest BCUT2D eigenvalue weighted by molar-refractivity contribution is -0.127. The Labute approximate surface area is 99.4 Å². The summed E-state index contributed by atoms with van der Waals surface area (Å²) in [7, 11) is 3.24. The number of rotatable bonds is 4. The molecule has 7 heteroatoms. The predicted molar refractivity (Wildman–Crippen MR) is 63.4 cm³/mol. The number of nitrogen functional groups attached to an aromatic ring is 1. The number of aromatic amines is 1. The molecule has 0 fully saturated rings. The minimum atomic E-state index is -0.450. The zero-order valence-corrected chi connectivity index (χ0v) is 10.2. The Morgan fingerprint density at radius 2 is 2.12 bits per heavy atom. The van der Waals surface area contributed by atoms with Crippen molar-refractivity contribution in [1.82, 2.24) is 20.4 Å². The number of nitrogens with zero attached hydrogens (tertiary/aromatic N) is 2. The molecule has 1 aromatic heterocycles. The van der Waals surface area contributed by atoms with E-state index in [1.807, 2.05) is 6.92 Å². The van der Waals surface area contributed by atoms with Crippen LogP contribution in [-0.2, 0) is 11.2 Å². The molecule has 0 atom stereocenters. The average Bonchev–Trinajstić information content (AvgIpc) is 2.66. The SMILES string of the molecule is CCc1[nH]nc(C(=O)NCC(=O)N(C)C)c1N. The van der Waals surface area contributed by atoms with Crippen LogP contribution in [0, 0.1) is 0 Å². The van der Waals surface area contributed by atoms with E-state index >= 15 is 0 Å². The number of H-pyrrole nitrogens is 1. The smallest absolute Gasteiger partial charge is 0.274 e. The van der Waals surface area contributed by atoms with Crippen LogP contribution in [0.5, 0.6) is 0 Å². The quantitative estimate of drug-likeness (QED) is 0.650. The molecular weight excluding hydrogens is 222 g/mol. The normalized spacial score (nSPS) is 10.1. The van der Waals surface area contributed by atoms with Crippen LogP contribution in [0.2, 0.25) is 0 Å². The van der Waals surface area contributed by atoms with E-state index in [0.717, 1.165) is 0 Å². The van der Waals surface area contributed by atoms with Crippen LogP contribution in [-0.4, -0.2) is 47.6 Å². The van der Waals surface area contributed by atoms with Crippen LogP contribution in [0.3, 0.4) is 0 Å². The van der Waals surface area contributed by atoms with Gasteiger partial charge in [0.15, 0.2) is 5.69 Å². The van der Waals surface area contributed by atoms with Crippen molar-refractivity contribution in [2.45, 2.75) is 13.3 Å². The molecule has 7 nitrogen and oxygen atoms in total. The molecule has 0 aromatic carbocycles. The molecule has 0 aliphatic carbocycles. The topological polar surface area (TPSA) is 104 Å². The van der Waals surface area contributed by atoms with Crippen LogP contribution >= 0.6 is 0 Å². The van der Waals surface area contributed by atoms with Gasteiger partial charge in [-0.2, -0.15) is 5.10 Å². The van der Waals surface area contributed by atoms with Crippen molar-refractivity contribution < 1.29 is 9.59 Å². The van der Waals surface area contributed by atoms with Crippen LogP contribution in [0.4, 0.5) is 5.69 Å². The summed E-state index contributed by atoms with van der Waals surface area (Å²) in [5, 5.41) is 8.97. The molecule has 94 valence electrons. The number of aryl methyl sites for hydroxylation is 1. The summed E-state index contributed by atoms with van der Waals surface area (Å²) in [6.45, 7) is 1.83. The molecule has 0 bridgehead atoms. The predicted octanol–water partition coefficient (Wildman–Crippen LogP) is -0.628. The van der Waals surface area contributed by atoms with Crippen LogP contribution in [0.1, 0.15) is 23.1 Å².